The van der Waals surface area contributed by atoms with Crippen LogP contribution in [0, 0.1) is 5.92 Å². The molecule has 1 unspecified atom stereocenters. The van der Waals surface area contributed by atoms with Gasteiger partial charge in [0.15, 0.2) is 0 Å². The summed E-state index contributed by atoms with van der Waals surface area (Å²) < 4.78 is 0. The number of unbranched alkanes of at least 4 members (excludes halogenated alkanes) is 1. The van der Waals surface area contributed by atoms with E-state index in [4.69, 9.17) is 0 Å². The number of nitrogens with one attached hydrogen (secondary N) is 1. The van der Waals surface area contributed by atoms with Crippen LogP contribution in [0.15, 0.2) is 37.0 Å². The molecule has 0 aliphatic heterocycles. The highest BCUT2D eigenvalue weighted by molar-refractivity contribution is 5.87. The van der Waals surface area contributed by atoms with Gasteiger partial charge in [-0.15, -0.1) is 0 Å². The molecule has 1 atom stereocenters. The van der Waals surface area contributed by atoms with Gasteiger partial charge >= 0.3 is 0 Å². The third-order valence-electron chi connectivity index (χ3n) is 2.36. The average molecular weight is 221 g/mol. The van der Waals surface area contributed by atoms with Gasteiger partial charge in [-0.3, -0.25) is 4.79 Å². The van der Waals surface area contributed by atoms with E-state index < -0.39 is 0 Å². The molecular formula is C14H23NO. The Bertz CT molecular complexity index is 253. The second kappa shape index (κ2) is 10.2. The molecular weight excluding hydrogens is 198 g/mol. The largest absolute Gasteiger partial charge is 0.352 e. The Morgan fingerprint density at radius 1 is 1.38 bits per heavy atom. The van der Waals surface area contributed by atoms with Gasteiger partial charge in [0, 0.05) is 6.54 Å². The van der Waals surface area contributed by atoms with Gasteiger partial charge < -0.3 is 5.32 Å². The zero-order valence-corrected chi connectivity index (χ0v) is 10.4. The molecule has 0 fully saturated rings. The highest BCUT2D eigenvalue weighted by atomic mass is 16.1. The zero-order valence-electron chi connectivity index (χ0n) is 10.4. The van der Waals surface area contributed by atoms with E-state index in [1.54, 1.807) is 12.2 Å². The standard InChI is InChI=1S/C14H23NO/c1-4-6-7-8-9-10-11-14(16)15-12-13(3)5-2/h4,6-7,10-11,13H,1,5,8-9,12H2,2-3H3,(H,15,16)/b7-6+,11-10-. The summed E-state index contributed by atoms with van der Waals surface area (Å²) in [6.07, 6.45) is 12.1. The van der Waals surface area contributed by atoms with E-state index in [9.17, 15) is 4.79 Å². The third kappa shape index (κ3) is 9.25. The summed E-state index contributed by atoms with van der Waals surface area (Å²) in [6.45, 7) is 8.60. The first-order valence-electron chi connectivity index (χ1n) is 5.92. The van der Waals surface area contributed by atoms with Crippen LogP contribution in [-0.4, -0.2) is 12.5 Å². The van der Waals surface area contributed by atoms with Crippen molar-refractivity contribution in [3.63, 3.8) is 0 Å². The summed E-state index contributed by atoms with van der Waals surface area (Å²) in [7, 11) is 0. The van der Waals surface area contributed by atoms with Gasteiger partial charge in [-0.05, 0) is 24.8 Å². The molecule has 0 radical (unpaired) electrons. The van der Waals surface area contributed by atoms with Gasteiger partial charge in [-0.2, -0.15) is 0 Å². The van der Waals surface area contributed by atoms with Gasteiger partial charge in [0.05, 0.1) is 0 Å². The molecule has 0 rings (SSSR count). The van der Waals surface area contributed by atoms with E-state index in [1.165, 1.54) is 0 Å². The van der Waals surface area contributed by atoms with E-state index in [-0.39, 0.29) is 5.91 Å². The Kier molecular flexibility index (Phi) is 9.38. The molecule has 0 aliphatic carbocycles. The molecule has 0 aromatic carbocycles. The molecule has 90 valence electrons. The number of hydrogen-bond acceptors (Lipinski definition) is 1. The molecule has 2 heteroatoms. The van der Waals surface area contributed by atoms with Gasteiger partial charge in [-0.25, -0.2) is 0 Å². The second-order valence-corrected chi connectivity index (χ2v) is 3.90. The summed E-state index contributed by atoms with van der Waals surface area (Å²) >= 11 is 0. The van der Waals surface area contributed by atoms with E-state index in [0.29, 0.717) is 5.92 Å². The van der Waals surface area contributed by atoms with Crippen molar-refractivity contribution in [3.05, 3.63) is 37.0 Å². The van der Waals surface area contributed by atoms with Crippen molar-refractivity contribution in [1.29, 1.82) is 0 Å². The first-order valence-corrected chi connectivity index (χ1v) is 5.92. The van der Waals surface area contributed by atoms with Crippen molar-refractivity contribution in [2.75, 3.05) is 6.54 Å². The molecule has 1 N–H and O–H groups in total. The Balaban J connectivity index is 3.58. The summed E-state index contributed by atoms with van der Waals surface area (Å²) in [5.41, 5.74) is 0. The highest BCUT2D eigenvalue weighted by Crippen LogP contribution is 1.97. The quantitative estimate of drug-likeness (QED) is 0.380. The first-order chi connectivity index (χ1) is 7.70. The van der Waals surface area contributed by atoms with Gasteiger partial charge in [0.1, 0.15) is 0 Å². The van der Waals surface area contributed by atoms with Crippen molar-refractivity contribution in [1.82, 2.24) is 5.32 Å². The fourth-order valence-electron chi connectivity index (χ4n) is 1.05. The summed E-state index contributed by atoms with van der Waals surface area (Å²) in [4.78, 5) is 11.3. The van der Waals surface area contributed by atoms with Crippen LogP contribution in [0.5, 0.6) is 0 Å². The molecule has 0 aromatic rings. The van der Waals surface area contributed by atoms with E-state index >= 15 is 0 Å². The Hall–Kier alpha value is -1.31. The lowest BCUT2D eigenvalue weighted by Crippen LogP contribution is -2.26. The summed E-state index contributed by atoms with van der Waals surface area (Å²) in [5, 5.41) is 2.88. The Morgan fingerprint density at radius 3 is 2.69 bits per heavy atom. The van der Waals surface area contributed by atoms with Gasteiger partial charge in [-0.1, -0.05) is 51.2 Å². The minimum Gasteiger partial charge on any atom is -0.352 e. The average Bonchev–Trinajstić information content (AvgIpc) is 2.30. The van der Waals surface area contributed by atoms with Crippen LogP contribution in [0.1, 0.15) is 33.1 Å². The third-order valence-corrected chi connectivity index (χ3v) is 2.36. The maximum Gasteiger partial charge on any atom is 0.243 e. The SMILES string of the molecule is C=C/C=C/CC/C=C\C(=O)NCC(C)CC. The molecule has 0 saturated carbocycles. The molecule has 0 heterocycles. The van der Waals surface area contributed by atoms with Crippen molar-refractivity contribution in [2.45, 2.75) is 33.1 Å². The molecule has 0 spiro atoms. The Labute approximate surface area is 99.1 Å². The Morgan fingerprint density at radius 2 is 2.06 bits per heavy atom. The minimum atomic E-state index is 0.00741. The predicted octanol–water partition coefficient (Wildman–Crippen LogP) is 3.23. The number of carbonyl (C=O) groups is 1. The lowest BCUT2D eigenvalue weighted by molar-refractivity contribution is -0.116. The maximum atomic E-state index is 11.3. The van der Waals surface area contributed by atoms with Crippen molar-refractivity contribution in [3.8, 4) is 0 Å². The normalized spacial score (nSPS) is 13.1. The van der Waals surface area contributed by atoms with Crippen molar-refractivity contribution < 1.29 is 4.79 Å². The van der Waals surface area contributed by atoms with E-state index in [2.05, 4.69) is 25.7 Å². The van der Waals surface area contributed by atoms with Gasteiger partial charge in [0.25, 0.3) is 0 Å². The number of rotatable bonds is 8. The zero-order chi connectivity index (χ0) is 12.2. The fraction of sp³-hybridized carbons (Fsp3) is 0.500. The topological polar surface area (TPSA) is 29.1 Å². The summed E-state index contributed by atoms with van der Waals surface area (Å²) in [5.74, 6) is 0.556. The number of amides is 1. The minimum absolute atomic E-state index is 0.00741. The van der Waals surface area contributed by atoms with Crippen LogP contribution in [0.25, 0.3) is 0 Å². The van der Waals surface area contributed by atoms with Crippen LogP contribution >= 0.6 is 0 Å². The maximum absolute atomic E-state index is 11.3. The number of allylic oxidation sites excluding steroid dienone is 4. The molecule has 2 nitrogen and oxygen atoms in total. The lowest BCUT2D eigenvalue weighted by Gasteiger charge is -2.07. The van der Waals surface area contributed by atoms with Crippen molar-refractivity contribution >= 4 is 5.91 Å². The van der Waals surface area contributed by atoms with Crippen molar-refractivity contribution in [2.24, 2.45) is 5.92 Å². The van der Waals surface area contributed by atoms with Gasteiger partial charge in [0.2, 0.25) is 5.91 Å². The predicted molar refractivity (Wildman–Crippen MR) is 70.2 cm³/mol. The second-order valence-electron chi connectivity index (χ2n) is 3.90. The van der Waals surface area contributed by atoms with E-state index in [0.717, 1.165) is 25.8 Å². The van der Waals surface area contributed by atoms with Crippen LogP contribution in [0.4, 0.5) is 0 Å². The molecule has 0 aromatic heterocycles. The van der Waals surface area contributed by atoms with Crippen LogP contribution < -0.4 is 5.32 Å². The molecule has 16 heavy (non-hydrogen) atoms. The lowest BCUT2D eigenvalue weighted by atomic mass is 10.1. The molecule has 0 saturated heterocycles. The van der Waals surface area contributed by atoms with Crippen LogP contribution in [-0.2, 0) is 4.79 Å². The number of hydrogen-bond donors (Lipinski definition) is 1. The summed E-state index contributed by atoms with van der Waals surface area (Å²) in [6, 6.07) is 0. The highest BCUT2D eigenvalue weighted by Gasteiger charge is 1.99. The number of carbonyl (C=O) groups excluding carboxylic acids is 1. The fourth-order valence-corrected chi connectivity index (χ4v) is 1.05. The monoisotopic (exact) mass is 221 g/mol. The van der Waals surface area contributed by atoms with Crippen LogP contribution in [0.3, 0.4) is 0 Å². The van der Waals surface area contributed by atoms with E-state index in [1.807, 2.05) is 18.2 Å². The molecule has 0 aliphatic rings. The first kappa shape index (κ1) is 14.7. The smallest absolute Gasteiger partial charge is 0.243 e. The molecule has 0 bridgehead atoms. The van der Waals surface area contributed by atoms with Crippen LogP contribution in [0.2, 0.25) is 0 Å². The molecule has 1 amide bonds.